The topological polar surface area (TPSA) is 63.2 Å². The van der Waals surface area contributed by atoms with Crippen LogP contribution in [0.1, 0.15) is 120 Å². The molecule has 1 rings (SSSR count). The molecule has 0 spiro atoms. The predicted octanol–water partition coefficient (Wildman–Crippen LogP) is 10.6. The van der Waals surface area contributed by atoms with Crippen molar-refractivity contribution in [3.05, 3.63) is 24.3 Å². The van der Waals surface area contributed by atoms with Crippen LogP contribution >= 0.6 is 0 Å². The first-order chi connectivity index (χ1) is 20.8. The molecule has 0 aliphatic heterocycles. The Morgan fingerprint density at radius 1 is 0.911 bits per heavy atom. The number of allylic oxidation sites excluding steroid dienone is 2. The maximum absolute atomic E-state index is 11.6. The van der Waals surface area contributed by atoms with E-state index in [4.69, 9.17) is 23.1 Å². The third-order valence-corrected chi connectivity index (χ3v) is 19.3. The number of carbonyl (C=O) groups is 1. The van der Waals surface area contributed by atoms with Crippen molar-refractivity contribution in [2.75, 3.05) is 13.7 Å². The molecule has 0 aromatic carbocycles. The average molecular weight is 669 g/mol. The Morgan fingerprint density at radius 2 is 1.56 bits per heavy atom. The highest BCUT2D eigenvalue weighted by Crippen LogP contribution is 2.46. The quantitative estimate of drug-likeness (QED) is 0.0423. The molecule has 0 heterocycles. The SMILES string of the molecule is CCCCC[C@@H](/C=C/[C@@H]1[C@H](C/C=C\CCCC(=O)OC)[C@@H](O[Si](C)(C)C(C)(C)C)C[C@H]1OC(C)OCC)O[Si](C)(C)C(C)(C)C. The summed E-state index contributed by atoms with van der Waals surface area (Å²) in [5.41, 5.74) is 0. The molecule has 0 amide bonds. The molecule has 1 saturated carbocycles. The monoisotopic (exact) mass is 668 g/mol. The molecule has 0 saturated heterocycles. The van der Waals surface area contributed by atoms with Crippen LogP contribution < -0.4 is 0 Å². The third kappa shape index (κ3) is 14.5. The number of esters is 1. The van der Waals surface area contributed by atoms with Gasteiger partial charge in [0.25, 0.3) is 0 Å². The fourth-order valence-corrected chi connectivity index (χ4v) is 8.14. The number of rotatable bonds is 20. The van der Waals surface area contributed by atoms with Crippen molar-refractivity contribution < 1.29 is 27.9 Å². The van der Waals surface area contributed by atoms with Crippen molar-refractivity contribution in [3.8, 4) is 0 Å². The van der Waals surface area contributed by atoms with Gasteiger partial charge in [0.2, 0.25) is 0 Å². The van der Waals surface area contributed by atoms with Gasteiger partial charge in [-0.2, -0.15) is 0 Å². The highest BCUT2D eigenvalue weighted by atomic mass is 28.4. The van der Waals surface area contributed by atoms with Gasteiger partial charge < -0.3 is 23.1 Å². The van der Waals surface area contributed by atoms with Gasteiger partial charge in [-0.25, -0.2) is 0 Å². The molecular formula is C37H72O6Si2. The summed E-state index contributed by atoms with van der Waals surface area (Å²) in [6.45, 7) is 30.2. The van der Waals surface area contributed by atoms with Crippen molar-refractivity contribution in [3.63, 3.8) is 0 Å². The van der Waals surface area contributed by atoms with Crippen LogP contribution in [0.2, 0.25) is 36.3 Å². The lowest BCUT2D eigenvalue weighted by Gasteiger charge is -2.40. The normalized spacial score (nSPS) is 23.2. The molecule has 1 aliphatic rings. The first-order valence-electron chi connectivity index (χ1n) is 17.8. The summed E-state index contributed by atoms with van der Waals surface area (Å²) < 4.78 is 31.5. The van der Waals surface area contributed by atoms with E-state index < -0.39 is 16.6 Å². The van der Waals surface area contributed by atoms with E-state index >= 15 is 0 Å². The number of hydrogen-bond acceptors (Lipinski definition) is 6. The molecule has 0 radical (unpaired) electrons. The van der Waals surface area contributed by atoms with E-state index in [0.717, 1.165) is 32.1 Å². The Hall–Kier alpha value is -0.776. The molecule has 1 unspecified atom stereocenters. The van der Waals surface area contributed by atoms with Crippen molar-refractivity contribution in [2.24, 2.45) is 11.8 Å². The summed E-state index contributed by atoms with van der Waals surface area (Å²) in [7, 11) is -2.53. The minimum absolute atomic E-state index is 0.000504. The molecule has 0 aromatic rings. The van der Waals surface area contributed by atoms with Gasteiger partial charge in [0.15, 0.2) is 22.9 Å². The Bertz CT molecular complexity index is 902. The fraction of sp³-hybridized carbons (Fsp3) is 0.865. The molecular weight excluding hydrogens is 597 g/mol. The van der Waals surface area contributed by atoms with E-state index in [1.807, 2.05) is 13.8 Å². The van der Waals surface area contributed by atoms with Gasteiger partial charge in [0.1, 0.15) is 0 Å². The summed E-state index contributed by atoms with van der Waals surface area (Å²) in [6.07, 6.45) is 17.7. The van der Waals surface area contributed by atoms with Gasteiger partial charge in [0, 0.05) is 18.9 Å². The molecule has 264 valence electrons. The van der Waals surface area contributed by atoms with E-state index in [1.54, 1.807) is 0 Å². The highest BCUT2D eigenvalue weighted by Gasteiger charge is 2.48. The molecule has 6 atom stereocenters. The zero-order valence-electron chi connectivity index (χ0n) is 31.8. The highest BCUT2D eigenvalue weighted by molar-refractivity contribution is 6.74. The molecule has 6 nitrogen and oxygen atoms in total. The lowest BCUT2D eigenvalue weighted by molar-refractivity contribution is -0.163. The summed E-state index contributed by atoms with van der Waals surface area (Å²) in [6, 6.07) is 0. The summed E-state index contributed by atoms with van der Waals surface area (Å²) >= 11 is 0. The van der Waals surface area contributed by atoms with Crippen LogP contribution in [0.3, 0.4) is 0 Å². The van der Waals surface area contributed by atoms with Crippen LogP contribution in [0.4, 0.5) is 0 Å². The minimum atomic E-state index is -2.03. The molecule has 45 heavy (non-hydrogen) atoms. The van der Waals surface area contributed by atoms with Crippen molar-refractivity contribution in [2.45, 2.75) is 181 Å². The molecule has 0 N–H and O–H groups in total. The third-order valence-electron chi connectivity index (χ3n) is 10.3. The van der Waals surface area contributed by atoms with Crippen LogP contribution in [-0.2, 0) is 27.9 Å². The minimum Gasteiger partial charge on any atom is -0.469 e. The smallest absolute Gasteiger partial charge is 0.305 e. The lowest BCUT2D eigenvalue weighted by atomic mass is 9.89. The van der Waals surface area contributed by atoms with Crippen molar-refractivity contribution in [1.29, 1.82) is 0 Å². The zero-order chi connectivity index (χ0) is 34.5. The van der Waals surface area contributed by atoms with Crippen molar-refractivity contribution >= 4 is 22.6 Å². The zero-order valence-corrected chi connectivity index (χ0v) is 33.8. The average Bonchev–Trinajstić information content (AvgIpc) is 3.21. The summed E-state index contributed by atoms with van der Waals surface area (Å²) in [5, 5.41) is 0.268. The van der Waals surface area contributed by atoms with Crippen molar-refractivity contribution in [1.82, 2.24) is 0 Å². The van der Waals surface area contributed by atoms with Gasteiger partial charge in [-0.1, -0.05) is 92.0 Å². The molecule has 0 bridgehead atoms. The van der Waals surface area contributed by atoms with Gasteiger partial charge >= 0.3 is 5.97 Å². The maximum Gasteiger partial charge on any atom is 0.305 e. The molecule has 1 fully saturated rings. The number of hydrogen-bond donors (Lipinski definition) is 0. The second-order valence-electron chi connectivity index (χ2n) is 16.1. The Kier molecular flexibility index (Phi) is 18.1. The summed E-state index contributed by atoms with van der Waals surface area (Å²) in [4.78, 5) is 11.6. The summed E-state index contributed by atoms with van der Waals surface area (Å²) in [5.74, 6) is 0.304. The van der Waals surface area contributed by atoms with E-state index in [2.05, 4.69) is 99.0 Å². The lowest BCUT2D eigenvalue weighted by Crippen LogP contribution is -2.45. The van der Waals surface area contributed by atoms with E-state index in [9.17, 15) is 4.79 Å². The second kappa shape index (κ2) is 19.3. The van der Waals surface area contributed by atoms with Gasteiger partial charge in [-0.05, 0) is 88.1 Å². The maximum atomic E-state index is 11.6. The number of ether oxygens (including phenoxy) is 3. The standard InChI is InChI=1S/C37H72O6Si2/c1-15-17-20-23-30(42-44(11,12)36(4,5)6)26-27-32-31(24-21-18-19-22-25-35(38)39-10)34(43-45(13,14)37(7,8)9)28-33(32)41-29(3)40-16-2/h18,21,26-27,29-34H,15-17,19-20,22-25,28H2,1-14H3/b21-18-,27-26+/t29?,30-,31-,32+,33+,34-/m0/s1. The van der Waals surface area contributed by atoms with Crippen LogP contribution in [0.25, 0.3) is 0 Å². The first kappa shape index (κ1) is 42.2. The van der Waals surface area contributed by atoms with Crippen LogP contribution in [0.5, 0.6) is 0 Å². The van der Waals surface area contributed by atoms with Crippen LogP contribution in [0.15, 0.2) is 24.3 Å². The Balaban J connectivity index is 3.45. The molecule has 1 aliphatic carbocycles. The molecule has 8 heteroatoms. The van der Waals surface area contributed by atoms with E-state index in [-0.39, 0.29) is 52.5 Å². The molecule has 0 aromatic heterocycles. The van der Waals surface area contributed by atoms with Crippen LogP contribution in [-0.4, -0.2) is 60.9 Å². The van der Waals surface area contributed by atoms with E-state index in [0.29, 0.717) is 13.0 Å². The second-order valence-corrected chi connectivity index (χ2v) is 25.6. The largest absolute Gasteiger partial charge is 0.469 e. The number of methoxy groups -OCH3 is 1. The first-order valence-corrected chi connectivity index (χ1v) is 23.6. The Labute approximate surface area is 280 Å². The van der Waals surface area contributed by atoms with Gasteiger partial charge in [0.05, 0.1) is 25.4 Å². The number of unbranched alkanes of at least 4 members (excludes halogenated alkanes) is 3. The fourth-order valence-electron chi connectivity index (χ4n) is 5.45. The van der Waals surface area contributed by atoms with Gasteiger partial charge in [-0.15, -0.1) is 0 Å². The van der Waals surface area contributed by atoms with Crippen LogP contribution in [0, 0.1) is 11.8 Å². The van der Waals surface area contributed by atoms with Gasteiger partial charge in [-0.3, -0.25) is 4.79 Å². The Morgan fingerprint density at radius 3 is 2.11 bits per heavy atom. The number of carbonyl (C=O) groups excluding carboxylic acids is 1. The van der Waals surface area contributed by atoms with E-state index in [1.165, 1.54) is 26.4 Å². The predicted molar refractivity (Wildman–Crippen MR) is 195 cm³/mol.